The molecule has 0 radical (unpaired) electrons. The van der Waals surface area contributed by atoms with Crippen molar-refractivity contribution >= 4 is 11.9 Å². The van der Waals surface area contributed by atoms with Gasteiger partial charge in [0.1, 0.15) is 11.5 Å². The number of nitrogens with zero attached hydrogens (tertiary/aromatic N) is 2. The average molecular weight is 394 g/mol. The van der Waals surface area contributed by atoms with Crippen molar-refractivity contribution in [1.29, 1.82) is 0 Å². The van der Waals surface area contributed by atoms with E-state index in [1.54, 1.807) is 14.0 Å². The molecule has 0 spiro atoms. The molecule has 1 unspecified atom stereocenters. The summed E-state index contributed by atoms with van der Waals surface area (Å²) in [4.78, 5) is 16.8. The molecule has 2 N–H and O–H groups in total. The molecule has 0 bridgehead atoms. The number of carbonyl (C=O) groups excluding carboxylic acids is 1. The Balaban J connectivity index is 1.64. The molecule has 29 heavy (non-hydrogen) atoms. The lowest BCUT2D eigenvalue weighted by atomic mass is 9.87. The molecule has 0 saturated carbocycles. The summed E-state index contributed by atoms with van der Waals surface area (Å²) in [5, 5.41) is 9.54. The zero-order valence-electron chi connectivity index (χ0n) is 17.3. The summed E-state index contributed by atoms with van der Waals surface area (Å²) in [5.74, 6) is 1.64. The van der Waals surface area contributed by atoms with Gasteiger partial charge in [0.15, 0.2) is 11.9 Å². The van der Waals surface area contributed by atoms with Gasteiger partial charge in [0.25, 0.3) is 5.91 Å². The van der Waals surface area contributed by atoms with Crippen LogP contribution >= 0.6 is 0 Å². The minimum atomic E-state index is -0.705. The summed E-state index contributed by atoms with van der Waals surface area (Å²) >= 11 is 0. The highest BCUT2D eigenvalue weighted by atomic mass is 16.5. The van der Waals surface area contributed by atoms with E-state index in [4.69, 9.17) is 9.47 Å². The lowest BCUT2D eigenvalue weighted by Gasteiger charge is -2.20. The van der Waals surface area contributed by atoms with Crippen LogP contribution < -0.4 is 14.8 Å². The topological polar surface area (TPSA) is 89.1 Å². The Morgan fingerprint density at radius 1 is 1.10 bits per heavy atom. The maximum absolute atomic E-state index is 12.5. The third-order valence-electron chi connectivity index (χ3n) is 4.48. The largest absolute Gasteiger partial charge is 0.496 e. The van der Waals surface area contributed by atoms with Crippen LogP contribution in [0.2, 0.25) is 0 Å². The van der Waals surface area contributed by atoms with Crippen LogP contribution in [0.4, 0.5) is 5.95 Å². The molecular formula is C22H26N4O3. The number of methoxy groups -OCH3 is 1. The molecule has 1 atom stereocenters. The van der Waals surface area contributed by atoms with E-state index in [1.807, 2.05) is 48.5 Å². The van der Waals surface area contributed by atoms with Crippen LogP contribution in [0.5, 0.6) is 11.5 Å². The van der Waals surface area contributed by atoms with Crippen LogP contribution in [-0.4, -0.2) is 34.3 Å². The molecule has 152 valence electrons. The first kappa shape index (κ1) is 20.4. The second-order valence-corrected chi connectivity index (χ2v) is 7.73. The minimum Gasteiger partial charge on any atom is -0.496 e. The Labute approximate surface area is 170 Å². The van der Waals surface area contributed by atoms with Crippen molar-refractivity contribution in [2.24, 2.45) is 0 Å². The van der Waals surface area contributed by atoms with Gasteiger partial charge in [-0.05, 0) is 42.2 Å². The normalized spacial score (nSPS) is 12.3. The second-order valence-electron chi connectivity index (χ2n) is 7.73. The predicted molar refractivity (Wildman–Crippen MR) is 112 cm³/mol. The van der Waals surface area contributed by atoms with E-state index in [0.717, 1.165) is 5.56 Å². The Bertz CT molecular complexity index is 974. The fraction of sp³-hybridized carbons (Fsp3) is 0.318. The van der Waals surface area contributed by atoms with E-state index in [1.165, 1.54) is 5.56 Å². The zero-order chi connectivity index (χ0) is 21.0. The molecule has 0 aliphatic rings. The number of para-hydroxylation sites is 1. The number of H-pyrrole nitrogens is 1. The highest BCUT2D eigenvalue weighted by molar-refractivity contribution is 5.92. The monoisotopic (exact) mass is 394 g/mol. The quantitative estimate of drug-likeness (QED) is 0.655. The van der Waals surface area contributed by atoms with Gasteiger partial charge in [-0.2, -0.15) is 4.98 Å². The summed E-state index contributed by atoms with van der Waals surface area (Å²) in [6, 6.07) is 15.2. The summed E-state index contributed by atoms with van der Waals surface area (Å²) in [5.41, 5.74) is 2.02. The first-order valence-electron chi connectivity index (χ1n) is 9.42. The van der Waals surface area contributed by atoms with E-state index in [9.17, 15) is 4.79 Å². The van der Waals surface area contributed by atoms with Crippen molar-refractivity contribution in [2.75, 3.05) is 12.4 Å². The number of aromatic amines is 1. The van der Waals surface area contributed by atoms with Gasteiger partial charge in [0, 0.05) is 0 Å². The summed E-state index contributed by atoms with van der Waals surface area (Å²) in [6.07, 6.45) is -0.705. The van der Waals surface area contributed by atoms with Crippen molar-refractivity contribution in [3.63, 3.8) is 0 Å². The lowest BCUT2D eigenvalue weighted by Crippen LogP contribution is -2.30. The van der Waals surface area contributed by atoms with Gasteiger partial charge < -0.3 is 9.47 Å². The van der Waals surface area contributed by atoms with E-state index in [-0.39, 0.29) is 17.3 Å². The number of ether oxygens (including phenoxy) is 2. The first-order valence-corrected chi connectivity index (χ1v) is 9.42. The molecule has 1 aromatic heterocycles. The standard InChI is InChI=1S/C22H26N4O3/c1-14(29-16-12-10-15(11-13-16)22(2,3)4)20(27)24-21-23-19(25-26-21)17-8-6-7-9-18(17)28-5/h6-14H,1-5H3,(H2,23,24,25,26,27). The molecule has 7 nitrogen and oxygen atoms in total. The molecule has 0 aliphatic carbocycles. The number of rotatable bonds is 6. The molecule has 1 amide bonds. The van der Waals surface area contributed by atoms with Gasteiger partial charge in [0.05, 0.1) is 12.7 Å². The second kappa shape index (κ2) is 8.34. The van der Waals surface area contributed by atoms with Crippen LogP contribution in [-0.2, 0) is 10.2 Å². The summed E-state index contributed by atoms with van der Waals surface area (Å²) in [6.45, 7) is 8.13. The maximum Gasteiger partial charge on any atom is 0.267 e. The number of nitrogens with one attached hydrogen (secondary N) is 2. The Morgan fingerprint density at radius 2 is 1.79 bits per heavy atom. The predicted octanol–water partition coefficient (Wildman–Crippen LogP) is 4.18. The molecule has 7 heteroatoms. The molecule has 0 aliphatic heterocycles. The van der Waals surface area contributed by atoms with Crippen molar-refractivity contribution in [1.82, 2.24) is 15.2 Å². The van der Waals surface area contributed by atoms with Crippen molar-refractivity contribution in [3.05, 3.63) is 54.1 Å². The smallest absolute Gasteiger partial charge is 0.267 e. The molecule has 1 heterocycles. The van der Waals surface area contributed by atoms with Gasteiger partial charge in [-0.1, -0.05) is 45.0 Å². The van der Waals surface area contributed by atoms with E-state index < -0.39 is 6.10 Å². The van der Waals surface area contributed by atoms with Gasteiger partial charge in [0.2, 0.25) is 5.95 Å². The van der Waals surface area contributed by atoms with Crippen LogP contribution in [0.1, 0.15) is 33.3 Å². The highest BCUT2D eigenvalue weighted by Crippen LogP contribution is 2.27. The van der Waals surface area contributed by atoms with Crippen molar-refractivity contribution in [2.45, 2.75) is 39.2 Å². The maximum atomic E-state index is 12.5. The first-order chi connectivity index (χ1) is 13.8. The summed E-state index contributed by atoms with van der Waals surface area (Å²) < 4.78 is 11.1. The van der Waals surface area contributed by atoms with E-state index in [2.05, 4.69) is 41.3 Å². The average Bonchev–Trinajstić information content (AvgIpc) is 3.15. The molecule has 2 aromatic carbocycles. The SMILES string of the molecule is COc1ccccc1-c1nc(NC(=O)C(C)Oc2ccc(C(C)(C)C)cc2)n[nH]1. The Morgan fingerprint density at radius 3 is 2.45 bits per heavy atom. The fourth-order valence-corrected chi connectivity index (χ4v) is 2.78. The Hall–Kier alpha value is -3.35. The Kier molecular flexibility index (Phi) is 5.87. The molecule has 3 rings (SSSR count). The number of aromatic nitrogens is 3. The van der Waals surface area contributed by atoms with Crippen LogP contribution in [0.25, 0.3) is 11.4 Å². The molecular weight excluding hydrogens is 368 g/mol. The van der Waals surface area contributed by atoms with Crippen LogP contribution in [0, 0.1) is 0 Å². The minimum absolute atomic E-state index is 0.0618. The number of amides is 1. The zero-order valence-corrected chi connectivity index (χ0v) is 17.3. The number of anilines is 1. The molecule has 0 fully saturated rings. The number of hydrogen-bond donors (Lipinski definition) is 2. The molecule has 0 saturated heterocycles. The van der Waals surface area contributed by atoms with Crippen molar-refractivity contribution < 1.29 is 14.3 Å². The van der Waals surface area contributed by atoms with Gasteiger partial charge in [-0.25, -0.2) is 0 Å². The van der Waals surface area contributed by atoms with Crippen molar-refractivity contribution in [3.8, 4) is 22.9 Å². The number of hydrogen-bond acceptors (Lipinski definition) is 5. The fourth-order valence-electron chi connectivity index (χ4n) is 2.78. The highest BCUT2D eigenvalue weighted by Gasteiger charge is 2.19. The summed E-state index contributed by atoms with van der Waals surface area (Å²) in [7, 11) is 1.59. The molecule has 3 aromatic rings. The van der Waals surface area contributed by atoms with Gasteiger partial charge >= 0.3 is 0 Å². The number of carbonyl (C=O) groups is 1. The van der Waals surface area contributed by atoms with E-state index >= 15 is 0 Å². The third kappa shape index (κ3) is 4.93. The number of benzene rings is 2. The van der Waals surface area contributed by atoms with Gasteiger partial charge in [-0.15, -0.1) is 5.10 Å². The van der Waals surface area contributed by atoms with E-state index in [0.29, 0.717) is 17.3 Å². The lowest BCUT2D eigenvalue weighted by molar-refractivity contribution is -0.122. The third-order valence-corrected chi connectivity index (χ3v) is 4.48. The van der Waals surface area contributed by atoms with Crippen LogP contribution in [0.15, 0.2) is 48.5 Å². The van der Waals surface area contributed by atoms with Crippen LogP contribution in [0.3, 0.4) is 0 Å². The van der Waals surface area contributed by atoms with Gasteiger partial charge in [-0.3, -0.25) is 15.2 Å².